The summed E-state index contributed by atoms with van der Waals surface area (Å²) in [5.74, 6) is 0.637. The summed E-state index contributed by atoms with van der Waals surface area (Å²) in [6.07, 6.45) is 3.80. The number of benzene rings is 1. The predicted molar refractivity (Wildman–Crippen MR) is 90.1 cm³/mol. The van der Waals surface area contributed by atoms with Crippen molar-refractivity contribution < 1.29 is 0 Å². The number of para-hydroxylation sites is 1. The third-order valence-corrected chi connectivity index (χ3v) is 4.62. The Labute approximate surface area is 133 Å². The molecule has 1 fully saturated rings. The minimum Gasteiger partial charge on any atom is -0.337 e. The van der Waals surface area contributed by atoms with E-state index in [1.165, 1.54) is 0 Å². The van der Waals surface area contributed by atoms with Crippen molar-refractivity contribution in [1.82, 2.24) is 19.7 Å². The third-order valence-electron chi connectivity index (χ3n) is 4.62. The number of hydrogen-bond donors (Lipinski definition) is 1. The van der Waals surface area contributed by atoms with Crippen LogP contribution in [-0.4, -0.2) is 31.8 Å². The topological polar surface area (TPSA) is 66.8 Å². The van der Waals surface area contributed by atoms with E-state index >= 15 is 0 Å². The number of nitrogens with one attached hydrogen (secondary N) is 1. The zero-order valence-electron chi connectivity index (χ0n) is 13.2. The Kier molecular flexibility index (Phi) is 3.18. The summed E-state index contributed by atoms with van der Waals surface area (Å²) >= 11 is 0. The zero-order valence-corrected chi connectivity index (χ0v) is 13.2. The lowest BCUT2D eigenvalue weighted by Gasteiger charge is -2.26. The second kappa shape index (κ2) is 5.22. The first-order valence-electron chi connectivity index (χ1n) is 7.97. The van der Waals surface area contributed by atoms with Gasteiger partial charge in [0, 0.05) is 12.1 Å². The summed E-state index contributed by atoms with van der Waals surface area (Å²) < 4.78 is 1.72. The highest BCUT2D eigenvalue weighted by molar-refractivity contribution is 5.76. The van der Waals surface area contributed by atoms with Crippen molar-refractivity contribution in [2.75, 3.05) is 4.90 Å². The molecule has 1 aliphatic heterocycles. The first kappa shape index (κ1) is 14.0. The molecule has 2 atom stereocenters. The molecule has 0 spiro atoms. The Morgan fingerprint density at radius 3 is 2.52 bits per heavy atom. The molecule has 3 heterocycles. The lowest BCUT2D eigenvalue weighted by Crippen LogP contribution is -2.35. The molecule has 1 aromatic carbocycles. The molecule has 6 heteroatoms. The minimum absolute atomic E-state index is 0.140. The van der Waals surface area contributed by atoms with Crippen molar-refractivity contribution in [2.45, 2.75) is 38.8 Å². The summed E-state index contributed by atoms with van der Waals surface area (Å²) in [6.45, 7) is 4.34. The van der Waals surface area contributed by atoms with Crippen molar-refractivity contribution >= 4 is 17.0 Å². The number of aromatic nitrogens is 4. The van der Waals surface area contributed by atoms with Crippen LogP contribution in [0.3, 0.4) is 0 Å². The molecule has 4 rings (SSSR count). The normalized spacial score (nSPS) is 21.2. The Balaban J connectivity index is 1.91. The van der Waals surface area contributed by atoms with Crippen LogP contribution >= 0.6 is 0 Å². The van der Waals surface area contributed by atoms with Gasteiger partial charge in [-0.1, -0.05) is 18.2 Å². The second-order valence-electron chi connectivity index (χ2n) is 6.20. The fourth-order valence-electron chi connectivity index (χ4n) is 3.40. The van der Waals surface area contributed by atoms with Crippen molar-refractivity contribution in [1.29, 1.82) is 0 Å². The number of nitrogens with zero attached hydrogens (tertiary/aromatic N) is 4. The summed E-state index contributed by atoms with van der Waals surface area (Å²) in [5, 5.41) is 4.86. The van der Waals surface area contributed by atoms with Crippen LogP contribution in [0.15, 0.2) is 41.3 Å². The number of H-pyrrole nitrogens is 1. The number of hydrogen-bond acceptors (Lipinski definition) is 4. The van der Waals surface area contributed by atoms with Gasteiger partial charge in [0.1, 0.15) is 5.39 Å². The quantitative estimate of drug-likeness (QED) is 0.790. The largest absolute Gasteiger partial charge is 0.337 e. The summed E-state index contributed by atoms with van der Waals surface area (Å²) in [6, 6.07) is 10.5. The standard InChI is InChI=1S/C17H19N5O/c1-11-8-9-12(2)21(11)17-19-15-14(16(23)20-17)10-18-22(15)13-6-4-3-5-7-13/h3-7,10-12H,8-9H2,1-2H3,(H,19,20,23)/t11-,12-/m1/s1. The van der Waals surface area contributed by atoms with Crippen LogP contribution in [-0.2, 0) is 0 Å². The van der Waals surface area contributed by atoms with E-state index in [4.69, 9.17) is 4.98 Å². The van der Waals surface area contributed by atoms with Crippen LogP contribution in [0.1, 0.15) is 26.7 Å². The first-order valence-corrected chi connectivity index (χ1v) is 7.97. The maximum Gasteiger partial charge on any atom is 0.263 e. The maximum atomic E-state index is 12.4. The van der Waals surface area contributed by atoms with E-state index in [1.807, 2.05) is 30.3 Å². The predicted octanol–water partition coefficient (Wildman–Crippen LogP) is 2.49. The lowest BCUT2D eigenvalue weighted by molar-refractivity contribution is 0.670. The van der Waals surface area contributed by atoms with Crippen LogP contribution in [0, 0.1) is 0 Å². The van der Waals surface area contributed by atoms with Crippen LogP contribution in [0.5, 0.6) is 0 Å². The van der Waals surface area contributed by atoms with Crippen LogP contribution in [0.25, 0.3) is 16.7 Å². The zero-order chi connectivity index (χ0) is 16.0. The summed E-state index contributed by atoms with van der Waals surface area (Å²) in [7, 11) is 0. The highest BCUT2D eigenvalue weighted by Crippen LogP contribution is 2.28. The average molecular weight is 309 g/mol. The van der Waals surface area contributed by atoms with Gasteiger partial charge in [-0.05, 0) is 38.8 Å². The lowest BCUT2D eigenvalue weighted by atomic mass is 10.2. The van der Waals surface area contributed by atoms with Gasteiger partial charge in [-0.15, -0.1) is 0 Å². The summed E-state index contributed by atoms with van der Waals surface area (Å²) in [5.41, 5.74) is 1.36. The van der Waals surface area contributed by atoms with Crippen molar-refractivity contribution in [3.8, 4) is 5.69 Å². The molecule has 6 nitrogen and oxygen atoms in total. The highest BCUT2D eigenvalue weighted by Gasteiger charge is 2.29. The van der Waals surface area contributed by atoms with Gasteiger partial charge >= 0.3 is 0 Å². The van der Waals surface area contributed by atoms with E-state index in [9.17, 15) is 4.79 Å². The Bertz CT molecular complexity index is 888. The van der Waals surface area contributed by atoms with Gasteiger partial charge < -0.3 is 4.90 Å². The van der Waals surface area contributed by atoms with Gasteiger partial charge in [0.05, 0.1) is 11.9 Å². The third kappa shape index (κ3) is 2.21. The fraction of sp³-hybridized carbons (Fsp3) is 0.353. The molecule has 23 heavy (non-hydrogen) atoms. The van der Waals surface area contributed by atoms with E-state index in [1.54, 1.807) is 10.9 Å². The van der Waals surface area contributed by atoms with Gasteiger partial charge in [-0.2, -0.15) is 10.1 Å². The Morgan fingerprint density at radius 1 is 1.13 bits per heavy atom. The number of fused-ring (bicyclic) bond motifs is 1. The van der Waals surface area contributed by atoms with E-state index in [-0.39, 0.29) is 5.56 Å². The highest BCUT2D eigenvalue weighted by atomic mass is 16.1. The molecule has 1 N–H and O–H groups in total. The fourth-order valence-corrected chi connectivity index (χ4v) is 3.40. The van der Waals surface area contributed by atoms with Crippen LogP contribution in [0.4, 0.5) is 5.95 Å². The number of rotatable bonds is 2. The molecule has 3 aromatic rings. The van der Waals surface area contributed by atoms with E-state index in [0.717, 1.165) is 18.5 Å². The molecule has 2 aromatic heterocycles. The van der Waals surface area contributed by atoms with E-state index in [2.05, 4.69) is 28.8 Å². The molecule has 0 aliphatic carbocycles. The van der Waals surface area contributed by atoms with Gasteiger partial charge in [0.2, 0.25) is 5.95 Å². The first-order chi connectivity index (χ1) is 11.1. The molecule has 1 saturated heterocycles. The van der Waals surface area contributed by atoms with E-state index < -0.39 is 0 Å². The number of aromatic amines is 1. The monoisotopic (exact) mass is 309 g/mol. The molecule has 0 saturated carbocycles. The van der Waals surface area contributed by atoms with Crippen LogP contribution < -0.4 is 10.5 Å². The van der Waals surface area contributed by atoms with Crippen LogP contribution in [0.2, 0.25) is 0 Å². The minimum atomic E-state index is -0.140. The SMILES string of the molecule is C[C@@H]1CC[C@@H](C)N1c1nc2c(cnn2-c2ccccc2)c(=O)[nH]1. The molecule has 0 amide bonds. The molecule has 0 bridgehead atoms. The van der Waals surface area contributed by atoms with Crippen molar-refractivity contribution in [3.63, 3.8) is 0 Å². The van der Waals surface area contributed by atoms with Crippen molar-refractivity contribution in [2.24, 2.45) is 0 Å². The second-order valence-corrected chi connectivity index (χ2v) is 6.20. The average Bonchev–Trinajstić information content (AvgIpc) is 3.12. The van der Waals surface area contributed by atoms with Gasteiger partial charge in [-0.3, -0.25) is 9.78 Å². The van der Waals surface area contributed by atoms with Gasteiger partial charge in [-0.25, -0.2) is 4.68 Å². The van der Waals surface area contributed by atoms with Gasteiger partial charge in [0.15, 0.2) is 5.65 Å². The molecular formula is C17H19N5O. The van der Waals surface area contributed by atoms with Gasteiger partial charge in [0.25, 0.3) is 5.56 Å². The molecule has 118 valence electrons. The van der Waals surface area contributed by atoms with Crippen molar-refractivity contribution in [3.05, 3.63) is 46.9 Å². The Morgan fingerprint density at radius 2 is 1.83 bits per heavy atom. The molecule has 1 aliphatic rings. The van der Waals surface area contributed by atoms with E-state index in [0.29, 0.717) is 29.1 Å². The smallest absolute Gasteiger partial charge is 0.263 e. The maximum absolute atomic E-state index is 12.4. The molecule has 0 radical (unpaired) electrons. The molecule has 0 unspecified atom stereocenters. The Hall–Kier alpha value is -2.63. The summed E-state index contributed by atoms with van der Waals surface area (Å²) in [4.78, 5) is 22.3. The molecular weight excluding hydrogens is 290 g/mol. The number of anilines is 1.